The van der Waals surface area contributed by atoms with Crippen molar-refractivity contribution in [2.45, 2.75) is 56.8 Å². The van der Waals surface area contributed by atoms with Gasteiger partial charge in [0.15, 0.2) is 9.84 Å². The highest BCUT2D eigenvalue weighted by atomic mass is 32.2. The SMILES string of the molecule is CCCCCCCCc1nnc(NC(=O)c2ccc(S(C)(=O)=O)cc2)s1. The van der Waals surface area contributed by atoms with E-state index in [2.05, 4.69) is 22.4 Å². The maximum Gasteiger partial charge on any atom is 0.257 e. The van der Waals surface area contributed by atoms with E-state index < -0.39 is 9.84 Å². The van der Waals surface area contributed by atoms with Gasteiger partial charge in [0.25, 0.3) is 5.91 Å². The minimum absolute atomic E-state index is 0.186. The van der Waals surface area contributed by atoms with Gasteiger partial charge in [0.1, 0.15) is 5.01 Å². The smallest absolute Gasteiger partial charge is 0.257 e. The third-order valence-corrected chi connectivity index (χ3v) is 6.00. The third kappa shape index (κ3) is 6.49. The third-order valence-electron chi connectivity index (χ3n) is 3.98. The molecule has 1 N–H and O–H groups in total. The molecule has 0 bridgehead atoms. The van der Waals surface area contributed by atoms with E-state index in [1.807, 2.05) is 0 Å². The van der Waals surface area contributed by atoms with Gasteiger partial charge in [0.2, 0.25) is 5.13 Å². The molecule has 142 valence electrons. The zero-order valence-electron chi connectivity index (χ0n) is 15.2. The molecule has 0 aliphatic rings. The number of sulfone groups is 1. The molecule has 0 radical (unpaired) electrons. The van der Waals surface area contributed by atoms with E-state index in [1.165, 1.54) is 67.7 Å². The van der Waals surface area contributed by atoms with Gasteiger partial charge in [-0.05, 0) is 30.7 Å². The van der Waals surface area contributed by atoms with E-state index in [0.717, 1.165) is 24.1 Å². The van der Waals surface area contributed by atoms with Crippen LogP contribution in [0.5, 0.6) is 0 Å². The number of hydrogen-bond donors (Lipinski definition) is 1. The monoisotopic (exact) mass is 395 g/mol. The first-order valence-corrected chi connectivity index (χ1v) is 11.5. The Morgan fingerprint density at radius 1 is 1.04 bits per heavy atom. The van der Waals surface area contributed by atoms with Crippen LogP contribution in [0.1, 0.15) is 60.8 Å². The second-order valence-corrected chi connectivity index (χ2v) is 9.35. The summed E-state index contributed by atoms with van der Waals surface area (Å²) in [5, 5.41) is 12.2. The van der Waals surface area contributed by atoms with Gasteiger partial charge >= 0.3 is 0 Å². The lowest BCUT2D eigenvalue weighted by Gasteiger charge is -2.02. The first-order chi connectivity index (χ1) is 12.4. The van der Waals surface area contributed by atoms with Crippen LogP contribution in [0.25, 0.3) is 0 Å². The molecule has 2 aromatic rings. The van der Waals surface area contributed by atoms with Gasteiger partial charge in [-0.25, -0.2) is 8.42 Å². The Kier molecular flexibility index (Phi) is 7.71. The van der Waals surface area contributed by atoms with E-state index in [0.29, 0.717) is 10.7 Å². The predicted octanol–water partition coefficient (Wildman–Crippen LogP) is 4.10. The maximum atomic E-state index is 12.2. The van der Waals surface area contributed by atoms with E-state index in [9.17, 15) is 13.2 Å². The van der Waals surface area contributed by atoms with Gasteiger partial charge in [-0.2, -0.15) is 0 Å². The van der Waals surface area contributed by atoms with Crippen LogP contribution in [-0.2, 0) is 16.3 Å². The topological polar surface area (TPSA) is 89.0 Å². The molecule has 0 spiro atoms. The maximum absolute atomic E-state index is 12.2. The fraction of sp³-hybridized carbons (Fsp3) is 0.500. The molecule has 0 aliphatic carbocycles. The Balaban J connectivity index is 1.83. The van der Waals surface area contributed by atoms with Crippen molar-refractivity contribution in [1.29, 1.82) is 0 Å². The van der Waals surface area contributed by atoms with Gasteiger partial charge in [-0.3, -0.25) is 10.1 Å². The average Bonchev–Trinajstić information content (AvgIpc) is 3.04. The van der Waals surface area contributed by atoms with Gasteiger partial charge in [-0.1, -0.05) is 50.4 Å². The van der Waals surface area contributed by atoms with Crippen LogP contribution in [0.15, 0.2) is 29.2 Å². The molecule has 1 aromatic heterocycles. The Hall–Kier alpha value is -1.80. The molecule has 0 atom stereocenters. The lowest BCUT2D eigenvalue weighted by molar-refractivity contribution is 0.102. The molecular formula is C18H25N3O3S2. The summed E-state index contributed by atoms with van der Waals surface area (Å²) in [5.41, 5.74) is 0.380. The minimum atomic E-state index is -3.27. The second-order valence-electron chi connectivity index (χ2n) is 6.27. The summed E-state index contributed by atoms with van der Waals surface area (Å²) in [7, 11) is -3.27. The van der Waals surface area contributed by atoms with Crippen LogP contribution >= 0.6 is 11.3 Å². The average molecular weight is 396 g/mol. The van der Waals surface area contributed by atoms with Gasteiger partial charge < -0.3 is 0 Å². The van der Waals surface area contributed by atoms with E-state index in [1.54, 1.807) is 0 Å². The molecule has 2 rings (SSSR count). The number of aromatic nitrogens is 2. The Morgan fingerprint density at radius 3 is 2.35 bits per heavy atom. The summed E-state index contributed by atoms with van der Waals surface area (Å²) in [6.45, 7) is 2.21. The summed E-state index contributed by atoms with van der Waals surface area (Å²) in [5.74, 6) is -0.327. The Labute approximate surface area is 159 Å². The van der Waals surface area contributed by atoms with Crippen molar-refractivity contribution in [3.8, 4) is 0 Å². The molecule has 1 heterocycles. The highest BCUT2D eigenvalue weighted by molar-refractivity contribution is 7.90. The Morgan fingerprint density at radius 2 is 1.69 bits per heavy atom. The summed E-state index contributed by atoms with van der Waals surface area (Å²) < 4.78 is 22.9. The number of amides is 1. The van der Waals surface area contributed by atoms with Crippen molar-refractivity contribution in [3.05, 3.63) is 34.8 Å². The largest absolute Gasteiger partial charge is 0.296 e. The first-order valence-electron chi connectivity index (χ1n) is 8.84. The van der Waals surface area contributed by atoms with Crippen LogP contribution in [-0.4, -0.2) is 30.8 Å². The van der Waals surface area contributed by atoms with Crippen molar-refractivity contribution in [3.63, 3.8) is 0 Å². The number of hydrogen-bond acceptors (Lipinski definition) is 6. The number of nitrogens with zero attached hydrogens (tertiary/aromatic N) is 2. The summed E-state index contributed by atoms with van der Waals surface area (Å²) in [6, 6.07) is 5.83. The quantitative estimate of drug-likeness (QED) is 0.612. The number of rotatable bonds is 10. The lowest BCUT2D eigenvalue weighted by atomic mass is 10.1. The normalized spacial score (nSPS) is 11.5. The van der Waals surface area contributed by atoms with Crippen molar-refractivity contribution in [2.24, 2.45) is 0 Å². The van der Waals surface area contributed by atoms with Crippen LogP contribution < -0.4 is 5.32 Å². The molecule has 0 fully saturated rings. The molecule has 0 saturated carbocycles. The minimum Gasteiger partial charge on any atom is -0.296 e. The van der Waals surface area contributed by atoms with E-state index >= 15 is 0 Å². The van der Waals surface area contributed by atoms with Crippen molar-refractivity contribution >= 4 is 32.2 Å². The Bertz CT molecular complexity index is 814. The van der Waals surface area contributed by atoms with Gasteiger partial charge in [-0.15, -0.1) is 10.2 Å². The highest BCUT2D eigenvalue weighted by Gasteiger charge is 2.12. The van der Waals surface area contributed by atoms with E-state index in [-0.39, 0.29) is 10.8 Å². The summed E-state index contributed by atoms with van der Waals surface area (Å²) in [4.78, 5) is 12.4. The standard InChI is InChI=1S/C18H25N3O3S2/c1-3-4-5-6-7-8-9-16-20-21-18(25-16)19-17(22)14-10-12-15(13-11-14)26(2,23)24/h10-13H,3-9H2,1-2H3,(H,19,21,22). The second kappa shape index (κ2) is 9.78. The van der Waals surface area contributed by atoms with Crippen LogP contribution in [0.2, 0.25) is 0 Å². The molecule has 26 heavy (non-hydrogen) atoms. The molecule has 0 saturated heterocycles. The first kappa shape index (κ1) is 20.5. The number of anilines is 1. The number of aryl methyl sites for hydroxylation is 1. The molecule has 8 heteroatoms. The van der Waals surface area contributed by atoms with Crippen molar-refractivity contribution < 1.29 is 13.2 Å². The van der Waals surface area contributed by atoms with Gasteiger partial charge in [0.05, 0.1) is 4.90 Å². The molecule has 1 aromatic carbocycles. The number of unbranched alkanes of at least 4 members (excludes halogenated alkanes) is 5. The van der Waals surface area contributed by atoms with Crippen LogP contribution in [0.4, 0.5) is 5.13 Å². The predicted molar refractivity (Wildman–Crippen MR) is 104 cm³/mol. The van der Waals surface area contributed by atoms with E-state index in [4.69, 9.17) is 0 Å². The molecule has 0 unspecified atom stereocenters. The number of carbonyl (C=O) groups is 1. The fourth-order valence-corrected chi connectivity index (χ4v) is 3.89. The summed E-state index contributed by atoms with van der Waals surface area (Å²) >= 11 is 1.38. The number of nitrogens with one attached hydrogen (secondary N) is 1. The molecule has 0 aliphatic heterocycles. The van der Waals surface area contributed by atoms with Crippen molar-refractivity contribution in [1.82, 2.24) is 10.2 Å². The molecule has 1 amide bonds. The number of carbonyl (C=O) groups excluding carboxylic acids is 1. The van der Waals surface area contributed by atoms with Crippen molar-refractivity contribution in [2.75, 3.05) is 11.6 Å². The highest BCUT2D eigenvalue weighted by Crippen LogP contribution is 2.19. The lowest BCUT2D eigenvalue weighted by Crippen LogP contribution is -2.11. The van der Waals surface area contributed by atoms with Crippen LogP contribution in [0.3, 0.4) is 0 Å². The zero-order chi connectivity index (χ0) is 19.0. The van der Waals surface area contributed by atoms with Gasteiger partial charge in [0, 0.05) is 18.2 Å². The number of benzene rings is 1. The fourth-order valence-electron chi connectivity index (χ4n) is 2.48. The summed E-state index contributed by atoms with van der Waals surface area (Å²) in [6.07, 6.45) is 9.35. The zero-order valence-corrected chi connectivity index (χ0v) is 16.8. The molecular weight excluding hydrogens is 370 g/mol. The molecule has 6 nitrogen and oxygen atoms in total. The van der Waals surface area contributed by atoms with Crippen LogP contribution in [0, 0.1) is 0 Å².